The molecule has 1 fully saturated rings. The number of carbonyl (C=O) groups excluding carboxylic acids is 1. The Morgan fingerprint density at radius 2 is 1.96 bits per heavy atom. The molecular formula is C20H25N3O2. The Morgan fingerprint density at radius 1 is 1.28 bits per heavy atom. The molecule has 1 amide bonds. The summed E-state index contributed by atoms with van der Waals surface area (Å²) >= 11 is 0. The van der Waals surface area contributed by atoms with E-state index in [0.717, 1.165) is 29.7 Å². The molecule has 1 aliphatic carbocycles. The van der Waals surface area contributed by atoms with Gasteiger partial charge in [-0.05, 0) is 30.2 Å². The first-order chi connectivity index (χ1) is 11.9. The SMILES string of the molecule is CC1CC(NC(=O)Cn2nc(C(C)C)c(-c3ccccc3)cc2=O)C1. The number of hydrogen-bond donors (Lipinski definition) is 1. The molecule has 3 rings (SSSR count). The van der Waals surface area contributed by atoms with Crippen molar-refractivity contribution in [2.45, 2.75) is 52.1 Å². The van der Waals surface area contributed by atoms with Gasteiger partial charge in [-0.15, -0.1) is 0 Å². The Hall–Kier alpha value is -2.43. The first kappa shape index (κ1) is 17.4. The van der Waals surface area contributed by atoms with Crippen LogP contribution in [0.4, 0.5) is 0 Å². The zero-order valence-electron chi connectivity index (χ0n) is 15.0. The van der Waals surface area contributed by atoms with Crippen molar-refractivity contribution in [2.24, 2.45) is 5.92 Å². The fourth-order valence-electron chi connectivity index (χ4n) is 3.32. The van der Waals surface area contributed by atoms with Crippen LogP contribution in [0.5, 0.6) is 0 Å². The van der Waals surface area contributed by atoms with E-state index in [4.69, 9.17) is 0 Å². The molecule has 0 spiro atoms. The van der Waals surface area contributed by atoms with Crippen molar-refractivity contribution in [3.05, 3.63) is 52.4 Å². The van der Waals surface area contributed by atoms with Crippen LogP contribution in [0.1, 0.15) is 45.2 Å². The van der Waals surface area contributed by atoms with Crippen LogP contribution in [0.25, 0.3) is 11.1 Å². The summed E-state index contributed by atoms with van der Waals surface area (Å²) in [6.45, 7) is 6.23. The molecule has 132 valence electrons. The zero-order chi connectivity index (χ0) is 18.0. The Morgan fingerprint density at radius 3 is 2.56 bits per heavy atom. The minimum atomic E-state index is -0.250. The van der Waals surface area contributed by atoms with Crippen molar-refractivity contribution >= 4 is 5.91 Å². The van der Waals surface area contributed by atoms with Gasteiger partial charge in [0.2, 0.25) is 5.91 Å². The molecule has 1 aliphatic rings. The summed E-state index contributed by atoms with van der Waals surface area (Å²) in [5.74, 6) is 0.676. The molecule has 1 aromatic heterocycles. The third-order valence-electron chi connectivity index (χ3n) is 4.69. The van der Waals surface area contributed by atoms with E-state index in [1.165, 1.54) is 4.68 Å². The Labute approximate surface area is 148 Å². The van der Waals surface area contributed by atoms with Crippen LogP contribution in [0.2, 0.25) is 0 Å². The number of amides is 1. The summed E-state index contributed by atoms with van der Waals surface area (Å²) in [5, 5.41) is 7.48. The predicted molar refractivity (Wildman–Crippen MR) is 98.4 cm³/mol. The molecule has 2 aromatic rings. The smallest absolute Gasteiger partial charge is 0.267 e. The highest BCUT2D eigenvalue weighted by molar-refractivity contribution is 5.76. The molecule has 0 aliphatic heterocycles. The predicted octanol–water partition coefficient (Wildman–Crippen LogP) is 2.95. The maximum atomic E-state index is 12.5. The van der Waals surface area contributed by atoms with Crippen LogP contribution >= 0.6 is 0 Å². The lowest BCUT2D eigenvalue weighted by Crippen LogP contribution is -2.45. The van der Waals surface area contributed by atoms with E-state index in [1.54, 1.807) is 6.07 Å². The second-order valence-corrected chi connectivity index (χ2v) is 7.30. The van der Waals surface area contributed by atoms with E-state index in [9.17, 15) is 9.59 Å². The van der Waals surface area contributed by atoms with Crippen molar-refractivity contribution in [3.8, 4) is 11.1 Å². The van der Waals surface area contributed by atoms with Gasteiger partial charge in [0, 0.05) is 17.7 Å². The average Bonchev–Trinajstić information content (AvgIpc) is 2.55. The molecule has 1 saturated carbocycles. The van der Waals surface area contributed by atoms with Crippen LogP contribution in [0.15, 0.2) is 41.2 Å². The second kappa shape index (κ2) is 7.21. The van der Waals surface area contributed by atoms with Gasteiger partial charge in [0.1, 0.15) is 6.54 Å². The Balaban J connectivity index is 1.84. The van der Waals surface area contributed by atoms with Crippen molar-refractivity contribution in [3.63, 3.8) is 0 Å². The van der Waals surface area contributed by atoms with E-state index in [0.29, 0.717) is 5.92 Å². The van der Waals surface area contributed by atoms with E-state index < -0.39 is 0 Å². The number of rotatable bonds is 5. The normalized spacial score (nSPS) is 19.5. The molecular weight excluding hydrogens is 314 g/mol. The molecule has 0 saturated heterocycles. The molecule has 0 bridgehead atoms. The van der Waals surface area contributed by atoms with E-state index in [-0.39, 0.29) is 30.0 Å². The number of nitrogens with one attached hydrogen (secondary N) is 1. The molecule has 1 heterocycles. The highest BCUT2D eigenvalue weighted by atomic mass is 16.2. The minimum Gasteiger partial charge on any atom is -0.352 e. The molecule has 5 nitrogen and oxygen atoms in total. The van der Waals surface area contributed by atoms with Gasteiger partial charge in [-0.25, -0.2) is 4.68 Å². The number of carbonyl (C=O) groups is 1. The zero-order valence-corrected chi connectivity index (χ0v) is 15.0. The summed E-state index contributed by atoms with van der Waals surface area (Å²) in [6, 6.07) is 11.6. The van der Waals surface area contributed by atoms with Gasteiger partial charge in [-0.2, -0.15) is 5.10 Å². The largest absolute Gasteiger partial charge is 0.352 e. The summed E-state index contributed by atoms with van der Waals surface area (Å²) in [5.41, 5.74) is 2.39. The van der Waals surface area contributed by atoms with Gasteiger partial charge in [0.05, 0.1) is 5.69 Å². The van der Waals surface area contributed by atoms with E-state index in [2.05, 4.69) is 17.3 Å². The van der Waals surface area contributed by atoms with E-state index >= 15 is 0 Å². The number of nitrogens with zero attached hydrogens (tertiary/aromatic N) is 2. The maximum Gasteiger partial charge on any atom is 0.267 e. The van der Waals surface area contributed by atoms with Crippen LogP contribution < -0.4 is 10.9 Å². The standard InChI is InChI=1S/C20H25N3O2/c1-13(2)20-17(15-7-5-4-6-8-15)11-19(25)23(22-20)12-18(24)21-16-9-14(3)10-16/h4-8,11,13-14,16H,9-10,12H2,1-3H3,(H,21,24). The Bertz CT molecular complexity index is 805. The van der Waals surface area contributed by atoms with Crippen molar-refractivity contribution in [1.82, 2.24) is 15.1 Å². The summed E-state index contributed by atoms with van der Waals surface area (Å²) in [6.07, 6.45) is 2.02. The monoisotopic (exact) mass is 339 g/mol. The maximum absolute atomic E-state index is 12.5. The van der Waals surface area contributed by atoms with Crippen LogP contribution in [-0.4, -0.2) is 21.7 Å². The number of aromatic nitrogens is 2. The van der Waals surface area contributed by atoms with Gasteiger partial charge < -0.3 is 5.32 Å². The molecule has 25 heavy (non-hydrogen) atoms. The second-order valence-electron chi connectivity index (χ2n) is 7.30. The summed E-state index contributed by atoms with van der Waals surface area (Å²) in [4.78, 5) is 24.7. The van der Waals surface area contributed by atoms with Crippen molar-refractivity contribution in [1.29, 1.82) is 0 Å². The topological polar surface area (TPSA) is 64.0 Å². The first-order valence-electron chi connectivity index (χ1n) is 8.91. The quantitative estimate of drug-likeness (QED) is 0.911. The third-order valence-corrected chi connectivity index (χ3v) is 4.69. The number of hydrogen-bond acceptors (Lipinski definition) is 3. The van der Waals surface area contributed by atoms with Gasteiger partial charge in [-0.1, -0.05) is 51.1 Å². The van der Waals surface area contributed by atoms with Crippen LogP contribution in [0.3, 0.4) is 0 Å². The van der Waals surface area contributed by atoms with Gasteiger partial charge in [-0.3, -0.25) is 9.59 Å². The van der Waals surface area contributed by atoms with Crippen molar-refractivity contribution in [2.75, 3.05) is 0 Å². The Kier molecular flexibility index (Phi) is 5.02. The molecule has 1 N–H and O–H groups in total. The lowest BCUT2D eigenvalue weighted by Gasteiger charge is -2.33. The first-order valence-corrected chi connectivity index (χ1v) is 8.91. The van der Waals surface area contributed by atoms with Crippen molar-refractivity contribution < 1.29 is 4.79 Å². The number of benzene rings is 1. The third kappa shape index (κ3) is 3.98. The molecule has 0 unspecified atom stereocenters. The van der Waals surface area contributed by atoms with Crippen LogP contribution in [0, 0.1) is 5.92 Å². The fourth-order valence-corrected chi connectivity index (χ4v) is 3.32. The van der Waals surface area contributed by atoms with E-state index in [1.807, 2.05) is 44.2 Å². The fraction of sp³-hybridized carbons (Fsp3) is 0.450. The summed E-state index contributed by atoms with van der Waals surface area (Å²) < 4.78 is 1.28. The van der Waals surface area contributed by atoms with Gasteiger partial charge >= 0.3 is 0 Å². The molecule has 5 heteroatoms. The molecule has 1 aromatic carbocycles. The summed E-state index contributed by atoms with van der Waals surface area (Å²) in [7, 11) is 0. The van der Waals surface area contributed by atoms with Crippen LogP contribution in [-0.2, 0) is 11.3 Å². The van der Waals surface area contributed by atoms with Gasteiger partial charge in [0.15, 0.2) is 0 Å². The highest BCUT2D eigenvalue weighted by Gasteiger charge is 2.26. The molecule has 0 atom stereocenters. The minimum absolute atomic E-state index is 0.0293. The van der Waals surface area contributed by atoms with Gasteiger partial charge in [0.25, 0.3) is 5.56 Å². The lowest BCUT2D eigenvalue weighted by molar-refractivity contribution is -0.123. The average molecular weight is 339 g/mol. The molecule has 0 radical (unpaired) electrons. The lowest BCUT2D eigenvalue weighted by atomic mass is 9.82. The highest BCUT2D eigenvalue weighted by Crippen LogP contribution is 2.27.